The van der Waals surface area contributed by atoms with Crippen molar-refractivity contribution < 1.29 is 17.9 Å². The molecule has 0 spiro atoms. The van der Waals surface area contributed by atoms with Crippen molar-refractivity contribution in [1.82, 2.24) is 5.32 Å². The fraction of sp³-hybridized carbons (Fsp3) is 0.208. The highest BCUT2D eigenvalue weighted by Crippen LogP contribution is 2.27. The molecule has 0 unspecified atom stereocenters. The van der Waals surface area contributed by atoms with E-state index in [-0.39, 0.29) is 11.4 Å². The van der Waals surface area contributed by atoms with Crippen LogP contribution in [-0.4, -0.2) is 34.5 Å². The largest absolute Gasteiger partial charge is 0.497 e. The van der Waals surface area contributed by atoms with Crippen LogP contribution in [0.15, 0.2) is 77.7 Å². The number of rotatable bonds is 10. The minimum absolute atomic E-state index is 0.0406. The Balaban J connectivity index is 1.71. The van der Waals surface area contributed by atoms with E-state index in [0.717, 1.165) is 16.3 Å². The Morgan fingerprint density at radius 2 is 1.67 bits per heavy atom. The van der Waals surface area contributed by atoms with Gasteiger partial charge in [0.05, 0.1) is 17.7 Å². The lowest BCUT2D eigenvalue weighted by Crippen LogP contribution is -2.41. The SMILES string of the molecule is COc1ccc(S(=O)(=O)N(CC(=O)NCCCc2ccc(Cl)cc2)c2cccc(Cl)c2)cc1. The molecule has 0 saturated heterocycles. The first kappa shape index (κ1) is 24.9. The molecule has 3 aromatic carbocycles. The van der Waals surface area contributed by atoms with Gasteiger partial charge in [-0.25, -0.2) is 8.42 Å². The van der Waals surface area contributed by atoms with Gasteiger partial charge in [-0.3, -0.25) is 9.10 Å². The average Bonchev–Trinajstić information content (AvgIpc) is 2.81. The molecule has 33 heavy (non-hydrogen) atoms. The molecule has 0 aliphatic carbocycles. The number of sulfonamides is 1. The first-order chi connectivity index (χ1) is 15.8. The maximum atomic E-state index is 13.4. The number of aryl methyl sites for hydroxylation is 1. The number of anilines is 1. The van der Waals surface area contributed by atoms with Gasteiger partial charge in [-0.1, -0.05) is 41.4 Å². The highest BCUT2D eigenvalue weighted by atomic mass is 35.5. The number of carbonyl (C=O) groups is 1. The van der Waals surface area contributed by atoms with Crippen molar-refractivity contribution in [1.29, 1.82) is 0 Å². The molecule has 1 N–H and O–H groups in total. The van der Waals surface area contributed by atoms with Crippen LogP contribution in [0.25, 0.3) is 0 Å². The summed E-state index contributed by atoms with van der Waals surface area (Å²) < 4.78 is 32.9. The van der Waals surface area contributed by atoms with Gasteiger partial charge in [0.2, 0.25) is 5.91 Å². The summed E-state index contributed by atoms with van der Waals surface area (Å²) >= 11 is 12.0. The molecule has 0 saturated carbocycles. The third kappa shape index (κ3) is 6.87. The molecular formula is C24H24Cl2N2O4S. The van der Waals surface area contributed by atoms with E-state index in [1.807, 2.05) is 24.3 Å². The van der Waals surface area contributed by atoms with Gasteiger partial charge < -0.3 is 10.1 Å². The summed E-state index contributed by atoms with van der Waals surface area (Å²) in [7, 11) is -2.52. The van der Waals surface area contributed by atoms with Crippen LogP contribution in [0, 0.1) is 0 Å². The van der Waals surface area contributed by atoms with Crippen molar-refractivity contribution in [3.05, 3.63) is 88.4 Å². The zero-order chi connectivity index (χ0) is 23.8. The molecule has 3 aromatic rings. The third-order valence-electron chi connectivity index (χ3n) is 4.91. The minimum atomic E-state index is -4.02. The number of amides is 1. The van der Waals surface area contributed by atoms with Gasteiger partial charge in [-0.2, -0.15) is 0 Å². The lowest BCUT2D eigenvalue weighted by atomic mass is 10.1. The Hall–Kier alpha value is -2.74. The summed E-state index contributed by atoms with van der Waals surface area (Å²) in [5.74, 6) is 0.116. The summed E-state index contributed by atoms with van der Waals surface area (Å²) in [6, 6.07) is 19.9. The zero-order valence-electron chi connectivity index (χ0n) is 18.0. The van der Waals surface area contributed by atoms with E-state index < -0.39 is 15.9 Å². The predicted molar refractivity (Wildman–Crippen MR) is 132 cm³/mol. The second-order valence-electron chi connectivity index (χ2n) is 7.25. The molecule has 0 fully saturated rings. The topological polar surface area (TPSA) is 75.7 Å². The molecule has 1 amide bonds. The van der Waals surface area contributed by atoms with Gasteiger partial charge in [0.25, 0.3) is 10.0 Å². The standard InChI is InChI=1S/C24H24Cl2N2O4S/c1-32-22-11-13-23(14-12-22)33(30,31)28(21-6-2-5-20(26)16-21)17-24(29)27-15-3-4-18-7-9-19(25)10-8-18/h2,5-14,16H,3-4,15,17H2,1H3,(H,27,29). The monoisotopic (exact) mass is 506 g/mol. The number of hydrogen-bond acceptors (Lipinski definition) is 4. The second kappa shape index (κ2) is 11.4. The lowest BCUT2D eigenvalue weighted by molar-refractivity contribution is -0.119. The number of carbonyl (C=O) groups excluding carboxylic acids is 1. The number of nitrogens with zero attached hydrogens (tertiary/aromatic N) is 1. The van der Waals surface area contributed by atoms with Gasteiger partial charge in [0, 0.05) is 16.6 Å². The average molecular weight is 507 g/mol. The van der Waals surface area contributed by atoms with Crippen molar-refractivity contribution >= 4 is 44.8 Å². The Bertz CT molecular complexity index is 1180. The number of nitrogens with one attached hydrogen (secondary N) is 1. The van der Waals surface area contributed by atoms with Crippen molar-refractivity contribution in [2.75, 3.05) is 24.5 Å². The molecule has 0 bridgehead atoms. The first-order valence-electron chi connectivity index (χ1n) is 10.2. The first-order valence-corrected chi connectivity index (χ1v) is 12.4. The molecule has 0 atom stereocenters. The Kier molecular flexibility index (Phi) is 8.61. The van der Waals surface area contributed by atoms with Crippen LogP contribution in [0.3, 0.4) is 0 Å². The number of hydrogen-bond donors (Lipinski definition) is 1. The van der Waals surface area contributed by atoms with Crippen molar-refractivity contribution in [3.8, 4) is 5.75 Å². The number of halogens is 2. The Morgan fingerprint density at radius 3 is 2.30 bits per heavy atom. The van der Waals surface area contributed by atoms with E-state index in [2.05, 4.69) is 5.32 Å². The summed E-state index contributed by atoms with van der Waals surface area (Å²) in [6.07, 6.45) is 1.47. The smallest absolute Gasteiger partial charge is 0.264 e. The van der Waals surface area contributed by atoms with Crippen LogP contribution in [0.5, 0.6) is 5.75 Å². The Labute approximate surface area is 204 Å². The van der Waals surface area contributed by atoms with E-state index in [1.165, 1.54) is 25.3 Å². The van der Waals surface area contributed by atoms with Crippen LogP contribution in [0.2, 0.25) is 10.0 Å². The van der Waals surface area contributed by atoms with Crippen LogP contribution < -0.4 is 14.4 Å². The fourth-order valence-electron chi connectivity index (χ4n) is 3.18. The van der Waals surface area contributed by atoms with Crippen LogP contribution in [0.1, 0.15) is 12.0 Å². The van der Waals surface area contributed by atoms with Gasteiger partial charge in [0.15, 0.2) is 0 Å². The number of ether oxygens (including phenoxy) is 1. The highest BCUT2D eigenvalue weighted by molar-refractivity contribution is 7.92. The van der Waals surface area contributed by atoms with Gasteiger partial charge in [-0.05, 0) is 73.0 Å². The maximum absolute atomic E-state index is 13.4. The normalized spacial score (nSPS) is 11.1. The van der Waals surface area contributed by atoms with Gasteiger partial charge in [-0.15, -0.1) is 0 Å². The molecule has 0 aromatic heterocycles. The quantitative estimate of drug-likeness (QED) is 0.394. The fourth-order valence-corrected chi connectivity index (χ4v) is 4.90. The highest BCUT2D eigenvalue weighted by Gasteiger charge is 2.27. The molecule has 0 aliphatic heterocycles. The number of benzene rings is 3. The predicted octanol–water partition coefficient (Wildman–Crippen LogP) is 4.95. The summed E-state index contributed by atoms with van der Waals surface area (Å²) in [5.41, 5.74) is 1.41. The van der Waals surface area contributed by atoms with Gasteiger partial charge in [0.1, 0.15) is 12.3 Å². The van der Waals surface area contributed by atoms with Crippen molar-refractivity contribution in [3.63, 3.8) is 0 Å². The number of methoxy groups -OCH3 is 1. The maximum Gasteiger partial charge on any atom is 0.264 e. The van der Waals surface area contributed by atoms with E-state index >= 15 is 0 Å². The summed E-state index contributed by atoms with van der Waals surface area (Å²) in [4.78, 5) is 12.7. The second-order valence-corrected chi connectivity index (χ2v) is 9.98. The molecular weight excluding hydrogens is 483 g/mol. The van der Waals surface area contributed by atoms with Crippen LogP contribution in [-0.2, 0) is 21.2 Å². The van der Waals surface area contributed by atoms with E-state index in [1.54, 1.807) is 30.3 Å². The van der Waals surface area contributed by atoms with Crippen molar-refractivity contribution in [2.24, 2.45) is 0 Å². The zero-order valence-corrected chi connectivity index (χ0v) is 20.3. The van der Waals surface area contributed by atoms with E-state index in [9.17, 15) is 13.2 Å². The molecule has 174 valence electrons. The molecule has 3 rings (SSSR count). The van der Waals surface area contributed by atoms with Gasteiger partial charge >= 0.3 is 0 Å². The molecule has 0 radical (unpaired) electrons. The summed E-state index contributed by atoms with van der Waals surface area (Å²) in [5, 5.41) is 3.84. The molecule has 0 aliphatic rings. The lowest BCUT2D eigenvalue weighted by Gasteiger charge is -2.24. The molecule has 0 heterocycles. The third-order valence-corrected chi connectivity index (χ3v) is 7.18. The van der Waals surface area contributed by atoms with Crippen LogP contribution >= 0.6 is 23.2 Å². The van der Waals surface area contributed by atoms with Crippen molar-refractivity contribution in [2.45, 2.75) is 17.7 Å². The van der Waals surface area contributed by atoms with E-state index in [0.29, 0.717) is 34.4 Å². The van der Waals surface area contributed by atoms with E-state index in [4.69, 9.17) is 27.9 Å². The molecule has 6 nitrogen and oxygen atoms in total. The molecule has 9 heteroatoms. The Morgan fingerprint density at radius 1 is 0.970 bits per heavy atom. The minimum Gasteiger partial charge on any atom is -0.497 e. The van der Waals surface area contributed by atoms with Crippen LogP contribution in [0.4, 0.5) is 5.69 Å². The summed E-state index contributed by atoms with van der Waals surface area (Å²) in [6.45, 7) is 0.0308.